The number of hydrogen-bond acceptors (Lipinski definition) is 7. The Labute approximate surface area is 201 Å². The lowest BCUT2D eigenvalue weighted by molar-refractivity contribution is -0.140. The molecule has 7 nitrogen and oxygen atoms in total. The van der Waals surface area contributed by atoms with Gasteiger partial charge < -0.3 is 9.47 Å². The van der Waals surface area contributed by atoms with Crippen LogP contribution in [-0.4, -0.2) is 42.7 Å². The van der Waals surface area contributed by atoms with Crippen LogP contribution in [0.4, 0.5) is 10.1 Å². The summed E-state index contributed by atoms with van der Waals surface area (Å²) in [5.41, 5.74) is 0.0501. The summed E-state index contributed by atoms with van der Waals surface area (Å²) in [6.07, 6.45) is 2.60. The van der Waals surface area contributed by atoms with Crippen LogP contribution < -0.4 is 4.90 Å². The molecule has 1 aromatic rings. The highest BCUT2D eigenvalue weighted by Crippen LogP contribution is 2.37. The van der Waals surface area contributed by atoms with Crippen LogP contribution in [0.15, 0.2) is 28.2 Å². The zero-order chi connectivity index (χ0) is 24.7. The van der Waals surface area contributed by atoms with E-state index in [0.717, 1.165) is 24.8 Å². The summed E-state index contributed by atoms with van der Waals surface area (Å²) < 4.78 is 24.8. The molecular formula is C23H27ClFNO6S. The second-order valence-corrected chi connectivity index (χ2v) is 9.27. The average Bonchev–Trinajstić information content (AvgIpc) is 2.79. The van der Waals surface area contributed by atoms with Crippen molar-refractivity contribution < 1.29 is 33.0 Å². The number of amides is 2. The number of ether oxygens (including phenoxy) is 2. The SMILES string of the molecule is CCCOC(=O)C1=C(C(=O)N(C(C)=O)c2cc(SC(C)C(=O)OC)c(Cl)cc2F)CCCC1. The molecule has 0 saturated carbocycles. The number of imide groups is 1. The second kappa shape index (κ2) is 12.2. The highest BCUT2D eigenvalue weighted by molar-refractivity contribution is 8.00. The van der Waals surface area contributed by atoms with Crippen LogP contribution >= 0.6 is 23.4 Å². The number of rotatable bonds is 8. The summed E-state index contributed by atoms with van der Waals surface area (Å²) in [4.78, 5) is 51.2. The summed E-state index contributed by atoms with van der Waals surface area (Å²) in [5.74, 6) is -3.49. The molecule has 1 atom stereocenters. The van der Waals surface area contributed by atoms with Crippen LogP contribution in [0.25, 0.3) is 0 Å². The Balaban J connectivity index is 2.50. The first kappa shape index (κ1) is 26.9. The molecule has 0 fully saturated rings. The molecule has 0 spiro atoms. The predicted molar refractivity (Wildman–Crippen MR) is 124 cm³/mol. The first-order chi connectivity index (χ1) is 15.6. The number of carbonyl (C=O) groups excluding carboxylic acids is 4. The number of halogens is 2. The first-order valence-corrected chi connectivity index (χ1v) is 11.9. The van der Waals surface area contributed by atoms with E-state index in [4.69, 9.17) is 21.1 Å². The van der Waals surface area contributed by atoms with Gasteiger partial charge in [-0.1, -0.05) is 18.5 Å². The minimum Gasteiger partial charge on any atom is -0.468 e. The highest BCUT2D eigenvalue weighted by atomic mass is 35.5. The topological polar surface area (TPSA) is 90.0 Å². The van der Waals surface area contributed by atoms with Crippen molar-refractivity contribution in [3.05, 3.63) is 34.1 Å². The van der Waals surface area contributed by atoms with Gasteiger partial charge in [0.25, 0.3) is 5.91 Å². The van der Waals surface area contributed by atoms with E-state index in [1.165, 1.54) is 13.2 Å². The lowest BCUT2D eigenvalue weighted by atomic mass is 9.90. The van der Waals surface area contributed by atoms with E-state index in [9.17, 15) is 23.6 Å². The number of carbonyl (C=O) groups is 4. The van der Waals surface area contributed by atoms with E-state index in [1.807, 2.05) is 6.92 Å². The zero-order valence-electron chi connectivity index (χ0n) is 19.0. The predicted octanol–water partition coefficient (Wildman–Crippen LogP) is 4.84. The summed E-state index contributed by atoms with van der Waals surface area (Å²) in [6, 6.07) is 2.23. The minimum atomic E-state index is -0.884. The number of esters is 2. The van der Waals surface area contributed by atoms with E-state index in [0.29, 0.717) is 35.5 Å². The fourth-order valence-electron chi connectivity index (χ4n) is 3.39. The van der Waals surface area contributed by atoms with Crippen molar-refractivity contribution in [1.82, 2.24) is 0 Å². The van der Waals surface area contributed by atoms with Crippen molar-refractivity contribution in [2.45, 2.75) is 63.0 Å². The maximum absolute atomic E-state index is 14.9. The number of benzene rings is 1. The normalized spacial score (nSPS) is 14.5. The van der Waals surface area contributed by atoms with Crippen LogP contribution in [0.5, 0.6) is 0 Å². The molecule has 1 aliphatic carbocycles. The third-order valence-electron chi connectivity index (χ3n) is 5.01. The molecule has 0 heterocycles. The molecule has 1 aliphatic rings. The maximum atomic E-state index is 14.9. The van der Waals surface area contributed by atoms with Gasteiger partial charge in [0.05, 0.1) is 24.4 Å². The minimum absolute atomic E-state index is 0.0219. The molecule has 0 aliphatic heterocycles. The highest BCUT2D eigenvalue weighted by Gasteiger charge is 2.32. The molecule has 10 heteroatoms. The Morgan fingerprint density at radius 1 is 1.18 bits per heavy atom. The number of methoxy groups -OCH3 is 1. The monoisotopic (exact) mass is 499 g/mol. The molecule has 0 N–H and O–H groups in total. The van der Waals surface area contributed by atoms with E-state index < -0.39 is 34.8 Å². The standard InChI is InChI=1S/C23H27ClFNO6S/c1-5-10-32-23(30)16-9-7-6-8-15(16)21(28)26(14(3)27)19-12-20(17(24)11-18(19)25)33-13(2)22(29)31-4/h11-13H,5-10H2,1-4H3. The van der Waals surface area contributed by atoms with E-state index >= 15 is 0 Å². The summed E-state index contributed by atoms with van der Waals surface area (Å²) in [6.45, 7) is 4.79. The molecule has 1 unspecified atom stereocenters. The van der Waals surface area contributed by atoms with Gasteiger partial charge in [0.2, 0.25) is 5.91 Å². The van der Waals surface area contributed by atoms with Crippen LogP contribution in [-0.2, 0) is 28.7 Å². The third kappa shape index (κ3) is 6.57. The summed E-state index contributed by atoms with van der Waals surface area (Å²) >= 11 is 7.16. The largest absolute Gasteiger partial charge is 0.468 e. The number of thioether (sulfide) groups is 1. The van der Waals surface area contributed by atoms with E-state index in [1.54, 1.807) is 6.92 Å². The Hall–Kier alpha value is -2.39. The smallest absolute Gasteiger partial charge is 0.334 e. The van der Waals surface area contributed by atoms with Gasteiger partial charge in [-0.05, 0) is 51.2 Å². The Morgan fingerprint density at radius 3 is 2.39 bits per heavy atom. The van der Waals surface area contributed by atoms with Crippen molar-refractivity contribution in [2.75, 3.05) is 18.6 Å². The number of anilines is 1. The Morgan fingerprint density at radius 2 is 1.82 bits per heavy atom. The first-order valence-electron chi connectivity index (χ1n) is 10.6. The van der Waals surface area contributed by atoms with Crippen molar-refractivity contribution in [3.63, 3.8) is 0 Å². The zero-order valence-corrected chi connectivity index (χ0v) is 20.6. The van der Waals surface area contributed by atoms with Gasteiger partial charge in [0, 0.05) is 23.0 Å². The summed E-state index contributed by atoms with van der Waals surface area (Å²) in [5, 5.41) is -0.637. The van der Waals surface area contributed by atoms with E-state index in [-0.39, 0.29) is 34.9 Å². The Kier molecular flexibility index (Phi) is 9.91. The van der Waals surface area contributed by atoms with Crippen molar-refractivity contribution in [1.29, 1.82) is 0 Å². The molecule has 180 valence electrons. The van der Waals surface area contributed by atoms with E-state index in [2.05, 4.69) is 0 Å². The fraction of sp³-hybridized carbons (Fsp3) is 0.478. The average molecular weight is 500 g/mol. The van der Waals surface area contributed by atoms with Crippen LogP contribution in [0, 0.1) is 5.82 Å². The Bertz CT molecular complexity index is 980. The van der Waals surface area contributed by atoms with Gasteiger partial charge in [-0.2, -0.15) is 0 Å². The van der Waals surface area contributed by atoms with Gasteiger partial charge >= 0.3 is 11.9 Å². The number of hydrogen-bond donors (Lipinski definition) is 0. The second-order valence-electron chi connectivity index (χ2n) is 7.48. The van der Waals surface area contributed by atoms with Gasteiger partial charge in [0.15, 0.2) is 0 Å². The lowest BCUT2D eigenvalue weighted by Gasteiger charge is -2.25. The van der Waals surface area contributed by atoms with Crippen LogP contribution in [0.1, 0.15) is 52.9 Å². The molecule has 33 heavy (non-hydrogen) atoms. The quantitative estimate of drug-likeness (QED) is 0.373. The molecule has 1 aromatic carbocycles. The maximum Gasteiger partial charge on any atom is 0.334 e. The lowest BCUT2D eigenvalue weighted by Crippen LogP contribution is -2.38. The molecule has 0 bridgehead atoms. The summed E-state index contributed by atoms with van der Waals surface area (Å²) in [7, 11) is 1.24. The van der Waals surface area contributed by atoms with Crippen LogP contribution in [0.3, 0.4) is 0 Å². The van der Waals surface area contributed by atoms with Gasteiger partial charge in [-0.3, -0.25) is 14.4 Å². The van der Waals surface area contributed by atoms with Crippen molar-refractivity contribution in [3.8, 4) is 0 Å². The third-order valence-corrected chi connectivity index (χ3v) is 6.57. The van der Waals surface area contributed by atoms with Crippen LogP contribution in [0.2, 0.25) is 5.02 Å². The van der Waals surface area contributed by atoms with Gasteiger partial charge in [0.1, 0.15) is 11.1 Å². The molecule has 2 rings (SSSR count). The number of nitrogens with zero attached hydrogens (tertiary/aromatic N) is 1. The molecule has 0 aromatic heterocycles. The van der Waals surface area contributed by atoms with Crippen molar-refractivity contribution >= 4 is 52.8 Å². The fourth-order valence-corrected chi connectivity index (χ4v) is 4.60. The van der Waals surface area contributed by atoms with Gasteiger partial charge in [-0.25, -0.2) is 14.1 Å². The molecule has 2 amide bonds. The van der Waals surface area contributed by atoms with Gasteiger partial charge in [-0.15, -0.1) is 11.8 Å². The molecular weight excluding hydrogens is 473 g/mol. The van der Waals surface area contributed by atoms with Crippen molar-refractivity contribution in [2.24, 2.45) is 0 Å². The molecule has 0 saturated heterocycles. The molecule has 0 radical (unpaired) electrons.